The summed E-state index contributed by atoms with van der Waals surface area (Å²) in [4.78, 5) is 20.5. The minimum absolute atomic E-state index is 0.0185. The van der Waals surface area contributed by atoms with Crippen molar-refractivity contribution in [3.63, 3.8) is 0 Å². The second kappa shape index (κ2) is 8.13. The summed E-state index contributed by atoms with van der Waals surface area (Å²) in [6, 6.07) is 2.86. The Morgan fingerprint density at radius 1 is 1.32 bits per heavy atom. The number of hydrogen-bond acceptors (Lipinski definition) is 6. The first-order valence-corrected chi connectivity index (χ1v) is 7.94. The molecule has 2 rings (SSSR count). The first-order chi connectivity index (χ1) is 12.0. The van der Waals surface area contributed by atoms with Crippen LogP contribution in [0.15, 0.2) is 18.2 Å². The average Bonchev–Trinajstić information content (AvgIpc) is 2.62. The second-order valence-corrected chi connectivity index (χ2v) is 5.39. The zero-order chi connectivity index (χ0) is 18.6. The number of carbonyl (C=O) groups excluding carboxylic acids is 1. The lowest BCUT2D eigenvalue weighted by atomic mass is 10.1. The van der Waals surface area contributed by atoms with E-state index in [1.54, 1.807) is 19.1 Å². The summed E-state index contributed by atoms with van der Waals surface area (Å²) in [6.07, 6.45) is 3.34. The molecule has 1 aromatic heterocycles. The Balaban J connectivity index is 2.80. The molecule has 0 amide bonds. The summed E-state index contributed by atoms with van der Waals surface area (Å²) < 4.78 is 24.4. The standard InChI is InChI=1S/C17H14ClFN2O3S/c1-4-5-9-12(8-25)20-16(21-14(9)17(22)24-3)10-6-7-11(18)15(23-2)13(10)19/h4-8H,1-3H3/b5-4-. The molecule has 0 aliphatic carbocycles. The van der Waals surface area contributed by atoms with E-state index >= 15 is 0 Å². The van der Waals surface area contributed by atoms with Crippen LogP contribution >= 0.6 is 23.8 Å². The van der Waals surface area contributed by atoms with Gasteiger partial charge in [0.15, 0.2) is 23.1 Å². The topological polar surface area (TPSA) is 61.3 Å². The molecule has 0 aliphatic rings. The Labute approximate surface area is 154 Å². The highest BCUT2D eigenvalue weighted by molar-refractivity contribution is 7.79. The van der Waals surface area contributed by atoms with Crippen LogP contribution in [-0.2, 0) is 4.74 Å². The Kier molecular flexibility index (Phi) is 6.17. The summed E-state index contributed by atoms with van der Waals surface area (Å²) in [7, 11) is 2.53. The van der Waals surface area contributed by atoms with Crippen molar-refractivity contribution in [2.75, 3.05) is 14.2 Å². The van der Waals surface area contributed by atoms with E-state index in [0.29, 0.717) is 11.3 Å². The van der Waals surface area contributed by atoms with Crippen molar-refractivity contribution in [1.82, 2.24) is 9.97 Å². The summed E-state index contributed by atoms with van der Waals surface area (Å²) >= 11 is 10.9. The van der Waals surface area contributed by atoms with E-state index < -0.39 is 11.8 Å². The fraction of sp³-hybridized carbons (Fsp3) is 0.176. The van der Waals surface area contributed by atoms with E-state index in [2.05, 4.69) is 9.97 Å². The van der Waals surface area contributed by atoms with Crippen LogP contribution in [0.3, 0.4) is 0 Å². The predicted octanol–water partition coefficient (Wildman–Crippen LogP) is 4.11. The van der Waals surface area contributed by atoms with Gasteiger partial charge in [-0.15, -0.1) is 0 Å². The van der Waals surface area contributed by atoms with Gasteiger partial charge in [-0.05, 0) is 19.1 Å². The molecular formula is C17H14ClFN2O3S. The molecule has 25 heavy (non-hydrogen) atoms. The van der Waals surface area contributed by atoms with Gasteiger partial charge in [-0.25, -0.2) is 19.2 Å². The van der Waals surface area contributed by atoms with Crippen LogP contribution < -0.4 is 4.74 Å². The molecule has 0 bridgehead atoms. The highest BCUT2D eigenvalue weighted by Crippen LogP contribution is 2.34. The number of nitrogens with zero attached hydrogens (tertiary/aromatic N) is 2. The van der Waals surface area contributed by atoms with Gasteiger partial charge in [-0.1, -0.05) is 36.0 Å². The molecule has 0 radical (unpaired) electrons. The predicted molar refractivity (Wildman–Crippen MR) is 97.8 cm³/mol. The number of carbonyl (C=O) groups is 1. The smallest absolute Gasteiger partial charge is 0.357 e. The van der Waals surface area contributed by atoms with Gasteiger partial charge >= 0.3 is 5.97 Å². The van der Waals surface area contributed by atoms with Gasteiger partial charge in [0.2, 0.25) is 0 Å². The summed E-state index contributed by atoms with van der Waals surface area (Å²) in [5.41, 5.74) is 0.702. The van der Waals surface area contributed by atoms with Crippen molar-refractivity contribution < 1.29 is 18.7 Å². The lowest BCUT2D eigenvalue weighted by molar-refractivity contribution is 0.0593. The third-order valence-corrected chi connectivity index (χ3v) is 3.81. The van der Waals surface area contributed by atoms with Crippen molar-refractivity contribution in [2.45, 2.75) is 6.92 Å². The lowest BCUT2D eigenvalue weighted by Gasteiger charge is -2.12. The highest BCUT2D eigenvalue weighted by Gasteiger charge is 2.22. The van der Waals surface area contributed by atoms with Gasteiger partial charge in [0, 0.05) is 10.9 Å². The first kappa shape index (κ1) is 19.0. The Morgan fingerprint density at radius 2 is 2.04 bits per heavy atom. The first-order valence-electron chi connectivity index (χ1n) is 7.09. The van der Waals surface area contributed by atoms with Crippen LogP contribution in [0.2, 0.25) is 5.02 Å². The lowest BCUT2D eigenvalue weighted by Crippen LogP contribution is -2.12. The van der Waals surface area contributed by atoms with Gasteiger partial charge < -0.3 is 9.47 Å². The third kappa shape index (κ3) is 3.67. The molecule has 1 aromatic carbocycles. The molecule has 0 spiro atoms. The summed E-state index contributed by atoms with van der Waals surface area (Å²) in [5, 5.41) is 1.40. The molecule has 2 aromatic rings. The van der Waals surface area contributed by atoms with E-state index in [1.165, 1.54) is 31.7 Å². The summed E-state index contributed by atoms with van der Waals surface area (Å²) in [6.45, 7) is 1.77. The molecule has 1 heterocycles. The van der Waals surface area contributed by atoms with E-state index in [9.17, 15) is 9.18 Å². The van der Waals surface area contributed by atoms with Crippen molar-refractivity contribution in [2.24, 2.45) is 0 Å². The fourth-order valence-corrected chi connectivity index (χ4v) is 2.58. The average molecular weight is 381 g/mol. The van der Waals surface area contributed by atoms with Gasteiger partial charge in [0.1, 0.15) is 0 Å². The highest BCUT2D eigenvalue weighted by atomic mass is 35.5. The molecule has 5 nitrogen and oxygen atoms in total. The quantitative estimate of drug-likeness (QED) is 0.574. The van der Waals surface area contributed by atoms with Gasteiger partial charge in [-0.2, -0.15) is 0 Å². The SMILES string of the molecule is C/C=C\c1c(C=S)nc(-c2ccc(Cl)c(OC)c2F)nc1C(=O)OC. The number of aromatic nitrogens is 2. The van der Waals surface area contributed by atoms with Crippen LogP contribution in [0.25, 0.3) is 17.5 Å². The number of thiocarbonyl (C=S) groups is 1. The number of methoxy groups -OCH3 is 2. The van der Waals surface area contributed by atoms with E-state index in [0.717, 1.165) is 0 Å². The van der Waals surface area contributed by atoms with Crippen LogP contribution in [0.1, 0.15) is 28.7 Å². The molecule has 0 N–H and O–H groups in total. The van der Waals surface area contributed by atoms with Crippen molar-refractivity contribution in [3.05, 3.63) is 46.0 Å². The largest absolute Gasteiger partial charge is 0.492 e. The van der Waals surface area contributed by atoms with E-state index in [1.807, 2.05) is 0 Å². The van der Waals surface area contributed by atoms with Crippen LogP contribution in [0.4, 0.5) is 4.39 Å². The molecule has 0 aliphatic heterocycles. The van der Waals surface area contributed by atoms with Gasteiger partial charge in [-0.3, -0.25) is 0 Å². The fourth-order valence-electron chi connectivity index (χ4n) is 2.17. The number of hydrogen-bond donors (Lipinski definition) is 0. The normalized spacial score (nSPS) is 10.8. The Morgan fingerprint density at radius 3 is 2.60 bits per heavy atom. The molecule has 0 atom stereocenters. The van der Waals surface area contributed by atoms with Crippen molar-refractivity contribution in [1.29, 1.82) is 0 Å². The minimum atomic E-state index is -0.736. The number of esters is 1. The molecule has 0 unspecified atom stereocenters. The molecule has 0 fully saturated rings. The molecule has 0 saturated carbocycles. The monoisotopic (exact) mass is 380 g/mol. The van der Waals surface area contributed by atoms with Crippen LogP contribution in [-0.4, -0.2) is 35.5 Å². The zero-order valence-electron chi connectivity index (χ0n) is 13.7. The maximum atomic E-state index is 14.7. The summed E-state index contributed by atoms with van der Waals surface area (Å²) in [5.74, 6) is -1.59. The number of halogens is 2. The Hall–Kier alpha value is -2.38. The second-order valence-electron chi connectivity index (χ2n) is 4.75. The number of benzene rings is 1. The number of allylic oxidation sites excluding steroid dienone is 1. The molecule has 130 valence electrons. The van der Waals surface area contributed by atoms with Crippen molar-refractivity contribution >= 4 is 41.2 Å². The Bertz CT molecular complexity index is 871. The third-order valence-electron chi connectivity index (χ3n) is 3.29. The maximum absolute atomic E-state index is 14.7. The number of rotatable bonds is 5. The van der Waals surface area contributed by atoms with Gasteiger partial charge in [0.05, 0.1) is 30.5 Å². The van der Waals surface area contributed by atoms with E-state index in [4.69, 9.17) is 33.3 Å². The van der Waals surface area contributed by atoms with Gasteiger partial charge in [0.25, 0.3) is 0 Å². The van der Waals surface area contributed by atoms with E-state index in [-0.39, 0.29) is 27.9 Å². The van der Waals surface area contributed by atoms with Crippen LogP contribution in [0.5, 0.6) is 5.75 Å². The molecular weight excluding hydrogens is 367 g/mol. The molecule has 8 heteroatoms. The minimum Gasteiger partial charge on any atom is -0.492 e. The number of ether oxygens (including phenoxy) is 2. The van der Waals surface area contributed by atoms with Crippen molar-refractivity contribution in [3.8, 4) is 17.1 Å². The molecule has 0 saturated heterocycles. The van der Waals surface area contributed by atoms with Crippen LogP contribution in [0, 0.1) is 5.82 Å². The zero-order valence-corrected chi connectivity index (χ0v) is 15.2. The maximum Gasteiger partial charge on any atom is 0.357 e.